The van der Waals surface area contributed by atoms with Crippen LogP contribution in [0.2, 0.25) is 0 Å². The number of rotatable bonds is 7. The lowest BCUT2D eigenvalue weighted by Gasteiger charge is -2.47. The van der Waals surface area contributed by atoms with Crippen molar-refractivity contribution in [3.63, 3.8) is 0 Å². The van der Waals surface area contributed by atoms with Crippen molar-refractivity contribution >= 4 is 6.03 Å². The lowest BCUT2D eigenvalue weighted by atomic mass is 9.85. The van der Waals surface area contributed by atoms with E-state index in [-0.39, 0.29) is 30.3 Å². The molecule has 2 aromatic rings. The highest BCUT2D eigenvalue weighted by Crippen LogP contribution is 2.37. The van der Waals surface area contributed by atoms with Crippen LogP contribution in [0, 0.1) is 0 Å². The van der Waals surface area contributed by atoms with Gasteiger partial charge in [0, 0.05) is 25.7 Å². The number of benzene rings is 2. The SMILES string of the molecule is CC(O)N1CCC(N2CCC(COCc3cc(C(F)(F)F)cc(C(F)(F)F)c3)(c3ccccc3)NC2=O)CC1. The van der Waals surface area contributed by atoms with Gasteiger partial charge in [-0.1, -0.05) is 30.3 Å². The van der Waals surface area contributed by atoms with Gasteiger partial charge in [0.2, 0.25) is 0 Å². The Hall–Kier alpha value is -2.83. The number of hydrogen-bond acceptors (Lipinski definition) is 4. The second-order valence-corrected chi connectivity index (χ2v) is 10.1. The molecule has 2 saturated heterocycles. The molecule has 2 amide bonds. The van der Waals surface area contributed by atoms with E-state index in [2.05, 4.69) is 5.32 Å². The van der Waals surface area contributed by atoms with Gasteiger partial charge in [0.05, 0.1) is 29.9 Å². The van der Waals surface area contributed by atoms with E-state index in [0.717, 1.165) is 5.56 Å². The maximum atomic E-state index is 13.3. The predicted octanol–water partition coefficient (Wildman–Crippen LogP) is 5.35. The fourth-order valence-electron chi connectivity index (χ4n) is 5.28. The number of hydrogen-bond donors (Lipinski definition) is 2. The van der Waals surface area contributed by atoms with Gasteiger partial charge in [-0.3, -0.25) is 4.90 Å². The first kappa shape index (κ1) is 29.2. The van der Waals surface area contributed by atoms with Crippen LogP contribution in [0.15, 0.2) is 48.5 Å². The number of urea groups is 1. The second kappa shape index (κ2) is 11.3. The van der Waals surface area contributed by atoms with Gasteiger partial charge in [0.15, 0.2) is 0 Å². The van der Waals surface area contributed by atoms with E-state index in [4.69, 9.17) is 4.74 Å². The zero-order chi connectivity index (χ0) is 28.4. The Morgan fingerprint density at radius 3 is 2.10 bits per heavy atom. The standard InChI is InChI=1S/C27H31F6N3O3/c1-18(37)35-10-7-23(8-11-35)36-12-9-25(34-24(36)38,20-5-3-2-4-6-20)17-39-16-19-13-21(26(28,29)30)15-22(14-19)27(31,32)33/h2-6,13-15,18,23,37H,7-12,16-17H2,1H3,(H,34,38). The first-order valence-electron chi connectivity index (χ1n) is 12.7. The van der Waals surface area contributed by atoms with Crippen LogP contribution in [0.25, 0.3) is 0 Å². The summed E-state index contributed by atoms with van der Waals surface area (Å²) in [5.41, 5.74) is -3.37. The maximum absolute atomic E-state index is 13.3. The van der Waals surface area contributed by atoms with E-state index >= 15 is 0 Å². The van der Waals surface area contributed by atoms with Crippen LogP contribution in [0.5, 0.6) is 0 Å². The van der Waals surface area contributed by atoms with Gasteiger partial charge in [0.25, 0.3) is 0 Å². The summed E-state index contributed by atoms with van der Waals surface area (Å²) in [4.78, 5) is 17.0. The van der Waals surface area contributed by atoms with Crippen LogP contribution >= 0.6 is 0 Å². The molecule has 0 spiro atoms. The number of aliphatic hydroxyl groups excluding tert-OH is 1. The molecule has 0 bridgehead atoms. The summed E-state index contributed by atoms with van der Waals surface area (Å²) in [7, 11) is 0. The molecule has 6 nitrogen and oxygen atoms in total. The molecule has 2 aliphatic heterocycles. The smallest absolute Gasteiger partial charge is 0.379 e. The summed E-state index contributed by atoms with van der Waals surface area (Å²) in [5, 5.41) is 12.8. The largest absolute Gasteiger partial charge is 0.416 e. The van der Waals surface area contributed by atoms with Crippen LogP contribution < -0.4 is 5.32 Å². The van der Waals surface area contributed by atoms with Crippen molar-refractivity contribution in [3.05, 3.63) is 70.8 Å². The van der Waals surface area contributed by atoms with Crippen molar-refractivity contribution in [2.45, 2.75) is 63.0 Å². The van der Waals surface area contributed by atoms with Crippen molar-refractivity contribution in [2.24, 2.45) is 0 Å². The van der Waals surface area contributed by atoms with E-state index in [1.54, 1.807) is 42.2 Å². The highest BCUT2D eigenvalue weighted by molar-refractivity contribution is 5.77. The monoisotopic (exact) mass is 559 g/mol. The van der Waals surface area contributed by atoms with E-state index in [1.807, 2.05) is 4.90 Å². The number of likely N-dealkylation sites (tertiary alicyclic amines) is 1. The summed E-state index contributed by atoms with van der Waals surface area (Å²) in [5.74, 6) is 0. The van der Waals surface area contributed by atoms with E-state index in [1.165, 1.54) is 0 Å². The van der Waals surface area contributed by atoms with Crippen LogP contribution in [0.3, 0.4) is 0 Å². The molecule has 0 saturated carbocycles. The fraction of sp³-hybridized carbons (Fsp3) is 0.519. The molecule has 2 N–H and O–H groups in total. The minimum atomic E-state index is -4.95. The number of piperidine rings is 1. The molecule has 0 aromatic heterocycles. The zero-order valence-corrected chi connectivity index (χ0v) is 21.4. The van der Waals surface area contributed by atoms with Gasteiger partial charge in [0.1, 0.15) is 6.23 Å². The average Bonchev–Trinajstić information content (AvgIpc) is 2.88. The normalized spacial score (nSPS) is 22.6. The highest BCUT2D eigenvalue weighted by Gasteiger charge is 2.43. The number of alkyl halides is 6. The number of nitrogens with zero attached hydrogens (tertiary/aromatic N) is 2. The number of ether oxygens (including phenoxy) is 1. The first-order chi connectivity index (χ1) is 18.3. The predicted molar refractivity (Wildman–Crippen MR) is 130 cm³/mol. The van der Waals surface area contributed by atoms with Gasteiger partial charge in [-0.05, 0) is 55.5 Å². The first-order valence-corrected chi connectivity index (χ1v) is 12.7. The summed E-state index contributed by atoms with van der Waals surface area (Å²) >= 11 is 0. The van der Waals surface area contributed by atoms with Crippen molar-refractivity contribution in [1.29, 1.82) is 0 Å². The van der Waals surface area contributed by atoms with Crippen molar-refractivity contribution < 1.29 is 41.0 Å². The quantitative estimate of drug-likeness (QED) is 0.449. The number of carbonyl (C=O) groups is 1. The van der Waals surface area contributed by atoms with E-state index in [0.29, 0.717) is 51.0 Å². The third-order valence-corrected chi connectivity index (χ3v) is 7.45. The van der Waals surface area contributed by atoms with Crippen LogP contribution in [0.4, 0.5) is 31.1 Å². The zero-order valence-electron chi connectivity index (χ0n) is 21.4. The maximum Gasteiger partial charge on any atom is 0.416 e. The van der Waals surface area contributed by atoms with Gasteiger partial charge in [-0.15, -0.1) is 0 Å². The molecule has 0 radical (unpaired) electrons. The van der Waals surface area contributed by atoms with Gasteiger partial charge in [-0.25, -0.2) is 4.79 Å². The number of amides is 2. The molecule has 214 valence electrons. The summed E-state index contributed by atoms with van der Waals surface area (Å²) in [6, 6.07) is 9.99. The van der Waals surface area contributed by atoms with Crippen LogP contribution in [-0.4, -0.2) is 59.4 Å². The van der Waals surface area contributed by atoms with Crippen LogP contribution in [-0.2, 0) is 29.2 Å². The molecule has 4 rings (SSSR count). The molecule has 2 aliphatic rings. The van der Waals surface area contributed by atoms with Crippen LogP contribution in [0.1, 0.15) is 48.4 Å². The number of aliphatic hydroxyl groups is 1. The molecule has 2 unspecified atom stereocenters. The Bertz CT molecular complexity index is 1100. The van der Waals surface area contributed by atoms with Crippen molar-refractivity contribution in [2.75, 3.05) is 26.2 Å². The van der Waals surface area contributed by atoms with Crippen molar-refractivity contribution in [3.8, 4) is 0 Å². The second-order valence-electron chi connectivity index (χ2n) is 10.1. The summed E-state index contributed by atoms with van der Waals surface area (Å²) < 4.78 is 85.2. The molecule has 2 heterocycles. The van der Waals surface area contributed by atoms with Crippen molar-refractivity contribution in [1.82, 2.24) is 15.1 Å². The Labute approximate surface area is 222 Å². The summed E-state index contributed by atoms with van der Waals surface area (Å²) in [6.45, 7) is 2.75. The highest BCUT2D eigenvalue weighted by atomic mass is 19.4. The van der Waals surface area contributed by atoms with E-state index in [9.17, 15) is 36.2 Å². The Balaban J connectivity index is 1.49. The lowest BCUT2D eigenvalue weighted by Crippen LogP contribution is -2.63. The topological polar surface area (TPSA) is 65.0 Å². The number of halogens is 6. The molecule has 0 aliphatic carbocycles. The minimum Gasteiger partial charge on any atom is -0.379 e. The molecule has 2 aromatic carbocycles. The molecule has 39 heavy (non-hydrogen) atoms. The Morgan fingerprint density at radius 1 is 1.00 bits per heavy atom. The fourth-order valence-corrected chi connectivity index (χ4v) is 5.28. The van der Waals surface area contributed by atoms with Gasteiger partial charge >= 0.3 is 18.4 Å². The number of nitrogens with one attached hydrogen (secondary N) is 1. The molecular formula is C27H31F6N3O3. The van der Waals surface area contributed by atoms with Gasteiger partial charge < -0.3 is 20.1 Å². The van der Waals surface area contributed by atoms with E-state index < -0.39 is 41.9 Å². The average molecular weight is 560 g/mol. The number of carbonyl (C=O) groups excluding carboxylic acids is 1. The molecular weight excluding hydrogens is 528 g/mol. The Kier molecular flexibility index (Phi) is 8.48. The summed E-state index contributed by atoms with van der Waals surface area (Å²) in [6.07, 6.45) is -8.64. The minimum absolute atomic E-state index is 0.0133. The lowest BCUT2D eigenvalue weighted by molar-refractivity contribution is -0.143. The van der Waals surface area contributed by atoms with Gasteiger partial charge in [-0.2, -0.15) is 26.3 Å². The Morgan fingerprint density at radius 2 is 1.59 bits per heavy atom. The molecule has 2 atom stereocenters. The molecule has 12 heteroatoms. The third kappa shape index (κ3) is 6.85. The third-order valence-electron chi connectivity index (χ3n) is 7.45. The molecule has 2 fully saturated rings.